The Balaban J connectivity index is 2.18. The molecule has 3 aromatic rings. The van der Waals surface area contributed by atoms with E-state index in [-0.39, 0.29) is 11.5 Å². The van der Waals surface area contributed by atoms with Crippen LogP contribution < -0.4 is 0 Å². The molecule has 0 bridgehead atoms. The molecule has 0 fully saturated rings. The zero-order valence-corrected chi connectivity index (χ0v) is 12.4. The molecule has 3 heteroatoms. The van der Waals surface area contributed by atoms with Crippen LogP contribution in [0.2, 0.25) is 0 Å². The standard InChI is InChI=1S/C20H15NO2/c22-20(17-12-6-2-7-13-17)19(16-10-4-1-5-11-16)21(23)18-14-8-3-9-15-18/h1-15H/b21-19+. The lowest BCUT2D eigenvalue weighted by molar-refractivity contribution is -0.358. The fourth-order valence-electron chi connectivity index (χ4n) is 2.36. The molecule has 23 heavy (non-hydrogen) atoms. The largest absolute Gasteiger partial charge is 0.618 e. The molecule has 3 nitrogen and oxygen atoms in total. The molecule has 0 heterocycles. The van der Waals surface area contributed by atoms with Crippen LogP contribution in [-0.4, -0.2) is 16.2 Å². The third-order valence-electron chi connectivity index (χ3n) is 3.49. The Bertz CT molecular complexity index is 825. The van der Waals surface area contributed by atoms with Crippen molar-refractivity contribution in [3.8, 4) is 0 Å². The molecule has 0 N–H and O–H groups in total. The second kappa shape index (κ2) is 6.71. The molecule has 0 radical (unpaired) electrons. The van der Waals surface area contributed by atoms with Gasteiger partial charge in [-0.15, -0.1) is 0 Å². The van der Waals surface area contributed by atoms with Crippen LogP contribution in [0.15, 0.2) is 91.0 Å². The van der Waals surface area contributed by atoms with Gasteiger partial charge in [-0.2, -0.15) is 4.74 Å². The Labute approximate surface area is 134 Å². The van der Waals surface area contributed by atoms with Crippen molar-refractivity contribution in [1.29, 1.82) is 0 Å². The van der Waals surface area contributed by atoms with Gasteiger partial charge in [0.05, 0.1) is 5.56 Å². The number of benzene rings is 3. The molecule has 3 aromatic carbocycles. The third kappa shape index (κ3) is 3.19. The predicted octanol–water partition coefficient (Wildman–Crippen LogP) is 4.20. The Morgan fingerprint density at radius 1 is 0.652 bits per heavy atom. The van der Waals surface area contributed by atoms with Crippen molar-refractivity contribution in [2.24, 2.45) is 0 Å². The summed E-state index contributed by atoms with van der Waals surface area (Å²) in [4.78, 5) is 12.9. The van der Waals surface area contributed by atoms with Crippen molar-refractivity contribution < 1.29 is 9.53 Å². The monoisotopic (exact) mass is 301 g/mol. The van der Waals surface area contributed by atoms with Crippen LogP contribution in [0.5, 0.6) is 0 Å². The van der Waals surface area contributed by atoms with E-state index >= 15 is 0 Å². The van der Waals surface area contributed by atoms with E-state index in [1.54, 1.807) is 60.7 Å². The van der Waals surface area contributed by atoms with Crippen LogP contribution in [0, 0.1) is 5.21 Å². The molecule has 112 valence electrons. The molecule has 0 saturated heterocycles. The molecule has 0 aliphatic rings. The van der Waals surface area contributed by atoms with Crippen LogP contribution >= 0.6 is 0 Å². The second-order valence-electron chi connectivity index (χ2n) is 5.04. The molecule has 0 spiro atoms. The van der Waals surface area contributed by atoms with E-state index in [9.17, 15) is 10.0 Å². The minimum atomic E-state index is -0.296. The maximum Gasteiger partial charge on any atom is 0.272 e. The number of rotatable bonds is 4. The van der Waals surface area contributed by atoms with E-state index in [0.717, 1.165) is 0 Å². The number of hydrogen-bond donors (Lipinski definition) is 0. The molecule has 0 saturated carbocycles. The lowest BCUT2D eigenvalue weighted by atomic mass is 10.0. The van der Waals surface area contributed by atoms with Crippen molar-refractivity contribution in [3.63, 3.8) is 0 Å². The first-order chi connectivity index (χ1) is 11.3. The summed E-state index contributed by atoms with van der Waals surface area (Å²) in [6.45, 7) is 0. The van der Waals surface area contributed by atoms with Gasteiger partial charge in [0.1, 0.15) is 0 Å². The number of carbonyl (C=O) groups is 1. The van der Waals surface area contributed by atoms with Gasteiger partial charge in [0.15, 0.2) is 0 Å². The van der Waals surface area contributed by atoms with Gasteiger partial charge in [-0.25, -0.2) is 0 Å². The summed E-state index contributed by atoms with van der Waals surface area (Å²) in [6, 6.07) is 26.6. The van der Waals surface area contributed by atoms with Crippen LogP contribution in [0.3, 0.4) is 0 Å². The molecular weight excluding hydrogens is 286 g/mol. The molecule has 0 unspecified atom stereocenters. The van der Waals surface area contributed by atoms with Crippen LogP contribution in [0.1, 0.15) is 15.9 Å². The van der Waals surface area contributed by atoms with Gasteiger partial charge >= 0.3 is 0 Å². The minimum Gasteiger partial charge on any atom is -0.618 e. The molecule has 0 aromatic heterocycles. The number of hydrogen-bond acceptors (Lipinski definition) is 2. The average Bonchev–Trinajstić information content (AvgIpc) is 2.64. The van der Waals surface area contributed by atoms with E-state index in [0.29, 0.717) is 21.6 Å². The lowest BCUT2D eigenvalue weighted by Gasteiger charge is -2.10. The smallest absolute Gasteiger partial charge is 0.272 e. The number of nitrogens with zero attached hydrogens (tertiary/aromatic N) is 1. The summed E-state index contributed by atoms with van der Waals surface area (Å²) in [7, 11) is 0. The summed E-state index contributed by atoms with van der Waals surface area (Å²) in [5.41, 5.74) is 1.63. The number of carbonyl (C=O) groups excluding carboxylic acids is 1. The van der Waals surface area contributed by atoms with Gasteiger partial charge in [0, 0.05) is 17.7 Å². The van der Waals surface area contributed by atoms with Crippen LogP contribution in [0.25, 0.3) is 0 Å². The summed E-state index contributed by atoms with van der Waals surface area (Å²) < 4.78 is 0.699. The van der Waals surface area contributed by atoms with Crippen molar-refractivity contribution in [1.82, 2.24) is 0 Å². The highest BCUT2D eigenvalue weighted by molar-refractivity contribution is 6.49. The highest BCUT2D eigenvalue weighted by Crippen LogP contribution is 2.15. The highest BCUT2D eigenvalue weighted by atomic mass is 16.5. The zero-order chi connectivity index (χ0) is 16.1. The first kappa shape index (κ1) is 14.7. The lowest BCUT2D eigenvalue weighted by Crippen LogP contribution is -2.24. The average molecular weight is 301 g/mol. The van der Waals surface area contributed by atoms with E-state index in [1.165, 1.54) is 0 Å². The number of ketones is 1. The summed E-state index contributed by atoms with van der Waals surface area (Å²) in [6.07, 6.45) is 0. The number of Topliss-reactive ketones (excluding diaryl/α,β-unsaturated/α-hetero) is 1. The first-order valence-electron chi connectivity index (χ1n) is 7.32. The summed E-state index contributed by atoms with van der Waals surface area (Å²) in [5, 5.41) is 12.8. The molecule has 3 rings (SSSR count). The Morgan fingerprint density at radius 3 is 1.61 bits per heavy atom. The molecule has 0 amide bonds. The third-order valence-corrected chi connectivity index (χ3v) is 3.49. The quantitative estimate of drug-likeness (QED) is 0.238. The van der Waals surface area contributed by atoms with Crippen molar-refractivity contribution in [3.05, 3.63) is 107 Å². The Morgan fingerprint density at radius 2 is 1.09 bits per heavy atom. The predicted molar refractivity (Wildman–Crippen MR) is 91.1 cm³/mol. The van der Waals surface area contributed by atoms with Crippen LogP contribution in [0.4, 0.5) is 5.69 Å². The van der Waals surface area contributed by atoms with Gasteiger partial charge in [-0.1, -0.05) is 66.7 Å². The Hall–Kier alpha value is -3.20. The number of para-hydroxylation sites is 1. The minimum absolute atomic E-state index is 0.114. The topological polar surface area (TPSA) is 43.1 Å². The molecule has 0 aliphatic heterocycles. The second-order valence-corrected chi connectivity index (χ2v) is 5.04. The summed E-state index contributed by atoms with van der Waals surface area (Å²) in [5.74, 6) is -0.296. The van der Waals surface area contributed by atoms with Gasteiger partial charge < -0.3 is 5.21 Å². The van der Waals surface area contributed by atoms with Crippen molar-refractivity contribution in [2.45, 2.75) is 0 Å². The van der Waals surface area contributed by atoms with Crippen molar-refractivity contribution >= 4 is 17.2 Å². The van der Waals surface area contributed by atoms with Crippen LogP contribution in [-0.2, 0) is 0 Å². The fourth-order valence-corrected chi connectivity index (χ4v) is 2.36. The maximum atomic E-state index is 12.9. The highest BCUT2D eigenvalue weighted by Gasteiger charge is 2.25. The zero-order valence-electron chi connectivity index (χ0n) is 12.4. The SMILES string of the molecule is O=C(/C(c1ccccc1)=[N+](/[O-])c1ccccc1)c1ccccc1. The van der Waals surface area contributed by atoms with E-state index in [2.05, 4.69) is 0 Å². The maximum absolute atomic E-state index is 12.9. The van der Waals surface area contributed by atoms with E-state index in [1.807, 2.05) is 30.3 Å². The van der Waals surface area contributed by atoms with E-state index in [4.69, 9.17) is 0 Å². The van der Waals surface area contributed by atoms with Gasteiger partial charge in [0.25, 0.3) is 11.5 Å². The van der Waals surface area contributed by atoms with Gasteiger partial charge in [-0.3, -0.25) is 4.79 Å². The van der Waals surface area contributed by atoms with E-state index < -0.39 is 0 Å². The van der Waals surface area contributed by atoms with Crippen molar-refractivity contribution in [2.75, 3.05) is 0 Å². The van der Waals surface area contributed by atoms with Gasteiger partial charge in [-0.05, 0) is 12.1 Å². The Kier molecular flexibility index (Phi) is 4.29. The van der Waals surface area contributed by atoms with Gasteiger partial charge in [0.2, 0.25) is 5.69 Å². The normalized spacial score (nSPS) is 11.7. The molecule has 0 atom stereocenters. The molecule has 0 aliphatic carbocycles. The molecular formula is C20H15NO2. The fraction of sp³-hybridized carbons (Fsp3) is 0. The first-order valence-corrected chi connectivity index (χ1v) is 7.32. The summed E-state index contributed by atoms with van der Waals surface area (Å²) >= 11 is 0.